The number of nitrogens with zero attached hydrogens (tertiary/aromatic N) is 4. The molecule has 1 aliphatic rings. The first-order valence-corrected chi connectivity index (χ1v) is 20.1. The Balaban J connectivity index is 1.04. The lowest BCUT2D eigenvalue weighted by Gasteiger charge is -2.14. The summed E-state index contributed by atoms with van der Waals surface area (Å²) in [5.41, 5.74) is 13.7. The summed E-state index contributed by atoms with van der Waals surface area (Å²) in [6.45, 7) is 0. The summed E-state index contributed by atoms with van der Waals surface area (Å²) >= 11 is 0. The molecule has 0 N–H and O–H groups in total. The van der Waals surface area contributed by atoms with Crippen molar-refractivity contribution in [3.63, 3.8) is 0 Å². The maximum Gasteiger partial charge on any atom is 0.235 e. The van der Waals surface area contributed by atoms with Gasteiger partial charge in [-0.2, -0.15) is 0 Å². The number of allylic oxidation sites excluding steroid dienone is 4. The molecule has 3 heterocycles. The molecule has 8 aromatic carbocycles. The van der Waals surface area contributed by atoms with E-state index in [4.69, 9.17) is 9.97 Å². The number of fused-ring (bicyclic) bond motifs is 9. The van der Waals surface area contributed by atoms with Gasteiger partial charge < -0.3 is 4.57 Å². The van der Waals surface area contributed by atoms with Gasteiger partial charge in [-0.1, -0.05) is 140 Å². The van der Waals surface area contributed by atoms with Crippen LogP contribution in [-0.4, -0.2) is 19.1 Å². The SMILES string of the molecule is C1=CCCC(c2nc(-n3c4ccccc4c4cc(-c5cccc(-c6cc7c(c8ccccc68)c6ccccc6n7-c6ccccc6)c5)ccc43)nc3ccccc23)=C1. The second-order valence-corrected chi connectivity index (χ2v) is 15.3. The molecule has 1 aliphatic carbocycles. The Morgan fingerprint density at radius 3 is 1.93 bits per heavy atom. The average Bonchev–Trinajstić information content (AvgIpc) is 3.82. The van der Waals surface area contributed by atoms with Crippen molar-refractivity contribution in [1.82, 2.24) is 19.1 Å². The monoisotopic (exact) mass is 740 g/mol. The largest absolute Gasteiger partial charge is 0.309 e. The minimum absolute atomic E-state index is 0.695. The molecule has 3 aromatic heterocycles. The van der Waals surface area contributed by atoms with Crippen molar-refractivity contribution in [3.05, 3.63) is 200 Å². The molecule has 0 aliphatic heterocycles. The van der Waals surface area contributed by atoms with E-state index >= 15 is 0 Å². The first-order chi connectivity index (χ1) is 28.8. The normalized spacial score (nSPS) is 13.1. The van der Waals surface area contributed by atoms with E-state index in [1.165, 1.54) is 71.2 Å². The van der Waals surface area contributed by atoms with E-state index in [9.17, 15) is 0 Å². The van der Waals surface area contributed by atoms with E-state index in [1.807, 2.05) is 0 Å². The second kappa shape index (κ2) is 13.0. The number of para-hydroxylation sites is 4. The molecule has 0 atom stereocenters. The molecule has 0 amide bonds. The number of rotatable bonds is 5. The van der Waals surface area contributed by atoms with Crippen LogP contribution in [0.1, 0.15) is 18.5 Å². The molecule has 0 radical (unpaired) electrons. The smallest absolute Gasteiger partial charge is 0.235 e. The van der Waals surface area contributed by atoms with Crippen molar-refractivity contribution < 1.29 is 0 Å². The number of hydrogen-bond acceptors (Lipinski definition) is 2. The molecule has 0 unspecified atom stereocenters. The zero-order valence-corrected chi connectivity index (χ0v) is 31.7. The summed E-state index contributed by atoms with van der Waals surface area (Å²) in [6, 6.07) is 63.7. The maximum absolute atomic E-state index is 5.33. The quantitative estimate of drug-likeness (QED) is 0.176. The van der Waals surface area contributed by atoms with Crippen molar-refractivity contribution in [2.24, 2.45) is 0 Å². The molecule has 0 bridgehead atoms. The fraction of sp³-hybridized carbons (Fsp3) is 0.0370. The highest BCUT2D eigenvalue weighted by molar-refractivity contribution is 6.24. The zero-order valence-electron chi connectivity index (χ0n) is 31.7. The van der Waals surface area contributed by atoms with Crippen molar-refractivity contribution in [3.8, 4) is 33.9 Å². The number of aromatic nitrogens is 4. The molecule has 0 fully saturated rings. The molecule has 58 heavy (non-hydrogen) atoms. The Hall–Kier alpha value is -7.56. The molecule has 11 aromatic rings. The van der Waals surface area contributed by atoms with Gasteiger partial charge in [-0.3, -0.25) is 4.57 Å². The van der Waals surface area contributed by atoms with Crippen molar-refractivity contribution >= 4 is 70.9 Å². The Kier molecular flexibility index (Phi) is 7.32. The molecule has 0 saturated carbocycles. The van der Waals surface area contributed by atoms with Crippen molar-refractivity contribution in [2.45, 2.75) is 12.8 Å². The minimum Gasteiger partial charge on any atom is -0.309 e. The van der Waals surface area contributed by atoms with Gasteiger partial charge in [-0.05, 0) is 106 Å². The van der Waals surface area contributed by atoms with Gasteiger partial charge in [0.2, 0.25) is 5.95 Å². The van der Waals surface area contributed by atoms with Crippen LogP contribution in [0.15, 0.2) is 194 Å². The summed E-state index contributed by atoms with van der Waals surface area (Å²) in [6.07, 6.45) is 8.56. The zero-order chi connectivity index (χ0) is 38.2. The van der Waals surface area contributed by atoms with Crippen molar-refractivity contribution in [1.29, 1.82) is 0 Å². The Labute approximate surface area is 335 Å². The second-order valence-electron chi connectivity index (χ2n) is 15.3. The Bertz CT molecular complexity index is 3510. The van der Waals surface area contributed by atoms with Crippen LogP contribution in [0.5, 0.6) is 0 Å². The average molecular weight is 741 g/mol. The molecule has 4 heteroatoms. The highest BCUT2D eigenvalue weighted by Gasteiger charge is 2.20. The summed E-state index contributed by atoms with van der Waals surface area (Å²) in [5, 5.41) is 8.50. The minimum atomic E-state index is 0.695. The van der Waals surface area contributed by atoms with Crippen LogP contribution in [0.4, 0.5) is 0 Å². The van der Waals surface area contributed by atoms with E-state index in [0.717, 1.165) is 46.2 Å². The highest BCUT2D eigenvalue weighted by Crippen LogP contribution is 2.43. The molecular weight excluding hydrogens is 705 g/mol. The van der Waals surface area contributed by atoms with E-state index in [-0.39, 0.29) is 0 Å². The molecule has 272 valence electrons. The van der Waals surface area contributed by atoms with Gasteiger partial charge in [0, 0.05) is 32.6 Å². The summed E-state index contributed by atoms with van der Waals surface area (Å²) in [7, 11) is 0. The Morgan fingerprint density at radius 2 is 1.10 bits per heavy atom. The standard InChI is InChI=1S/C54H36N4/c1-3-16-35(17-4-1)53-43-25-9-12-27-47(43)55-54(56-53)58-48-28-13-10-23-41(48)46-33-37(30-31-50(46)58)36-18-15-19-38(32-36)45-34-51-52(42-24-8-7-22-40(42)45)44-26-11-14-29-49(44)57(51)39-20-5-2-6-21-39/h1-3,5-16,18-34H,4,17H2. The predicted octanol–water partition coefficient (Wildman–Crippen LogP) is 14.0. The van der Waals surface area contributed by atoms with Gasteiger partial charge in [-0.25, -0.2) is 9.97 Å². The lowest BCUT2D eigenvalue weighted by molar-refractivity contribution is 0.983. The molecule has 0 saturated heterocycles. The van der Waals surface area contributed by atoms with Crippen molar-refractivity contribution in [2.75, 3.05) is 0 Å². The van der Waals surface area contributed by atoms with Gasteiger partial charge in [0.1, 0.15) is 0 Å². The summed E-state index contributed by atoms with van der Waals surface area (Å²) < 4.78 is 4.66. The van der Waals surface area contributed by atoms with Gasteiger partial charge in [0.25, 0.3) is 0 Å². The van der Waals surface area contributed by atoms with E-state index in [2.05, 4.69) is 203 Å². The van der Waals surface area contributed by atoms with Crippen LogP contribution in [-0.2, 0) is 0 Å². The van der Waals surface area contributed by atoms with E-state index in [0.29, 0.717) is 5.95 Å². The van der Waals surface area contributed by atoms with Crippen LogP contribution >= 0.6 is 0 Å². The molecule has 4 nitrogen and oxygen atoms in total. The molecular formula is C54H36N4. The van der Waals surface area contributed by atoms with Crippen LogP contribution in [0, 0.1) is 0 Å². The lowest BCUT2D eigenvalue weighted by atomic mass is 9.92. The summed E-state index contributed by atoms with van der Waals surface area (Å²) in [4.78, 5) is 10.5. The molecule has 12 rings (SSSR count). The third-order valence-corrected chi connectivity index (χ3v) is 12.0. The summed E-state index contributed by atoms with van der Waals surface area (Å²) in [5.74, 6) is 0.695. The maximum atomic E-state index is 5.33. The van der Waals surface area contributed by atoms with E-state index < -0.39 is 0 Å². The first-order valence-electron chi connectivity index (χ1n) is 20.1. The van der Waals surface area contributed by atoms with Gasteiger partial charge in [0.15, 0.2) is 0 Å². The third-order valence-electron chi connectivity index (χ3n) is 12.0. The lowest BCUT2D eigenvalue weighted by Crippen LogP contribution is -2.05. The van der Waals surface area contributed by atoms with E-state index in [1.54, 1.807) is 0 Å². The van der Waals surface area contributed by atoms with Gasteiger partial charge in [-0.15, -0.1) is 0 Å². The van der Waals surface area contributed by atoms with Gasteiger partial charge >= 0.3 is 0 Å². The number of hydrogen-bond donors (Lipinski definition) is 0. The van der Waals surface area contributed by atoms with Crippen LogP contribution in [0.3, 0.4) is 0 Å². The van der Waals surface area contributed by atoms with Crippen LogP contribution < -0.4 is 0 Å². The van der Waals surface area contributed by atoms with Crippen LogP contribution in [0.2, 0.25) is 0 Å². The topological polar surface area (TPSA) is 35.6 Å². The highest BCUT2D eigenvalue weighted by atomic mass is 15.2. The van der Waals surface area contributed by atoms with Crippen LogP contribution in [0.25, 0.3) is 105 Å². The van der Waals surface area contributed by atoms with Gasteiger partial charge in [0.05, 0.1) is 33.3 Å². The predicted molar refractivity (Wildman–Crippen MR) is 243 cm³/mol. The first kappa shape index (κ1) is 32.7. The molecule has 0 spiro atoms. The number of benzene rings is 8. The third kappa shape index (κ3) is 5.01. The fourth-order valence-electron chi connectivity index (χ4n) is 9.37. The fourth-order valence-corrected chi connectivity index (χ4v) is 9.37. The Morgan fingerprint density at radius 1 is 0.431 bits per heavy atom.